The number of carbonyl (C=O) groups is 1. The number of nitrogens with one attached hydrogen (secondary N) is 1. The monoisotopic (exact) mass is 368 g/mol. The molecule has 5 heteroatoms. The molecule has 0 unspecified atom stereocenters. The Morgan fingerprint density at radius 3 is 2.63 bits per heavy atom. The van der Waals surface area contributed by atoms with Crippen molar-refractivity contribution >= 4 is 11.6 Å². The molecular formula is C22H28N2O3. The second-order valence-electron chi connectivity index (χ2n) is 7.19. The maximum atomic E-state index is 13.3. The lowest BCUT2D eigenvalue weighted by molar-refractivity contribution is -0.122. The first-order chi connectivity index (χ1) is 13.1. The molecule has 1 fully saturated rings. The zero-order valence-corrected chi connectivity index (χ0v) is 16.2. The van der Waals surface area contributed by atoms with Crippen LogP contribution in [0.2, 0.25) is 0 Å². The Bertz CT molecular complexity index is 752. The molecule has 0 radical (unpaired) electrons. The summed E-state index contributed by atoms with van der Waals surface area (Å²) in [5.74, 6) is 0.582. The molecule has 144 valence electrons. The average molecular weight is 368 g/mol. The molecule has 1 aliphatic carbocycles. The summed E-state index contributed by atoms with van der Waals surface area (Å²) in [6.45, 7) is 3.04. The van der Waals surface area contributed by atoms with E-state index >= 15 is 0 Å². The lowest BCUT2D eigenvalue weighted by atomic mass is 9.68. The Morgan fingerprint density at radius 2 is 1.96 bits per heavy atom. The van der Waals surface area contributed by atoms with E-state index in [4.69, 9.17) is 9.47 Å². The smallest absolute Gasteiger partial charge is 0.235 e. The number of amides is 1. The van der Waals surface area contributed by atoms with Crippen LogP contribution in [0.25, 0.3) is 0 Å². The van der Waals surface area contributed by atoms with E-state index in [1.54, 1.807) is 19.4 Å². The van der Waals surface area contributed by atoms with Crippen LogP contribution in [0.5, 0.6) is 5.88 Å². The van der Waals surface area contributed by atoms with Gasteiger partial charge in [0.2, 0.25) is 11.8 Å². The second-order valence-corrected chi connectivity index (χ2v) is 7.19. The third-order valence-electron chi connectivity index (χ3n) is 5.24. The summed E-state index contributed by atoms with van der Waals surface area (Å²) in [5, 5.41) is 3.08. The topological polar surface area (TPSA) is 60.5 Å². The predicted molar refractivity (Wildman–Crippen MR) is 106 cm³/mol. The SMILES string of the molecule is COCCOc1ccc(NC(=O)C2(c3cccc(C)c3)CCCCC2)cn1. The third-order valence-corrected chi connectivity index (χ3v) is 5.24. The number of benzene rings is 1. The molecule has 0 atom stereocenters. The fraction of sp³-hybridized carbons (Fsp3) is 0.455. The molecule has 0 spiro atoms. The molecule has 1 N–H and O–H groups in total. The van der Waals surface area contributed by atoms with E-state index in [9.17, 15) is 4.79 Å². The molecular weight excluding hydrogens is 340 g/mol. The number of nitrogens with zero attached hydrogens (tertiary/aromatic N) is 1. The number of carbonyl (C=O) groups excluding carboxylic acids is 1. The van der Waals surface area contributed by atoms with Gasteiger partial charge in [-0.05, 0) is 31.4 Å². The minimum Gasteiger partial charge on any atom is -0.475 e. The van der Waals surface area contributed by atoms with E-state index < -0.39 is 5.41 Å². The zero-order chi connectivity index (χ0) is 19.1. The van der Waals surface area contributed by atoms with E-state index in [0.29, 0.717) is 24.8 Å². The normalized spacial score (nSPS) is 15.9. The van der Waals surface area contributed by atoms with Gasteiger partial charge in [-0.1, -0.05) is 49.1 Å². The van der Waals surface area contributed by atoms with Gasteiger partial charge in [0.05, 0.1) is 23.9 Å². The quantitative estimate of drug-likeness (QED) is 0.742. The maximum Gasteiger partial charge on any atom is 0.235 e. The van der Waals surface area contributed by atoms with Crippen LogP contribution in [-0.2, 0) is 14.9 Å². The van der Waals surface area contributed by atoms with Gasteiger partial charge in [0.15, 0.2) is 0 Å². The number of pyridine rings is 1. The van der Waals surface area contributed by atoms with Gasteiger partial charge in [-0.3, -0.25) is 4.79 Å². The Morgan fingerprint density at radius 1 is 1.15 bits per heavy atom. The molecule has 0 saturated heterocycles. The Labute approximate surface area is 161 Å². The molecule has 0 bridgehead atoms. The van der Waals surface area contributed by atoms with Gasteiger partial charge in [-0.15, -0.1) is 0 Å². The minimum absolute atomic E-state index is 0.0580. The van der Waals surface area contributed by atoms with E-state index in [1.807, 2.05) is 12.1 Å². The fourth-order valence-corrected chi connectivity index (χ4v) is 3.76. The first-order valence-electron chi connectivity index (χ1n) is 9.60. The fourth-order valence-electron chi connectivity index (χ4n) is 3.76. The number of anilines is 1. The summed E-state index contributed by atoms with van der Waals surface area (Å²) >= 11 is 0. The summed E-state index contributed by atoms with van der Waals surface area (Å²) in [7, 11) is 1.63. The zero-order valence-electron chi connectivity index (χ0n) is 16.2. The lowest BCUT2D eigenvalue weighted by Gasteiger charge is -2.36. The highest BCUT2D eigenvalue weighted by Crippen LogP contribution is 2.40. The number of hydrogen-bond donors (Lipinski definition) is 1. The van der Waals surface area contributed by atoms with Gasteiger partial charge in [-0.2, -0.15) is 0 Å². The van der Waals surface area contributed by atoms with Crippen molar-refractivity contribution in [2.24, 2.45) is 0 Å². The molecule has 0 aliphatic heterocycles. The van der Waals surface area contributed by atoms with E-state index in [0.717, 1.165) is 31.2 Å². The van der Waals surface area contributed by atoms with Gasteiger partial charge in [-0.25, -0.2) is 4.98 Å². The molecule has 1 saturated carbocycles. The Kier molecular flexibility index (Phi) is 6.45. The summed E-state index contributed by atoms with van der Waals surface area (Å²) in [6, 6.07) is 12.0. The van der Waals surface area contributed by atoms with Gasteiger partial charge in [0, 0.05) is 13.2 Å². The van der Waals surface area contributed by atoms with Crippen LogP contribution >= 0.6 is 0 Å². The van der Waals surface area contributed by atoms with Crippen LogP contribution in [0.3, 0.4) is 0 Å². The van der Waals surface area contributed by atoms with Crippen molar-refractivity contribution in [1.29, 1.82) is 0 Å². The second kappa shape index (κ2) is 9.00. The number of aromatic nitrogens is 1. The van der Waals surface area contributed by atoms with Crippen molar-refractivity contribution in [3.8, 4) is 5.88 Å². The van der Waals surface area contributed by atoms with Crippen molar-refractivity contribution in [1.82, 2.24) is 4.98 Å². The number of methoxy groups -OCH3 is 1. The van der Waals surface area contributed by atoms with Crippen molar-refractivity contribution in [2.75, 3.05) is 25.6 Å². The van der Waals surface area contributed by atoms with Crippen LogP contribution < -0.4 is 10.1 Å². The van der Waals surface area contributed by atoms with E-state index in [2.05, 4.69) is 35.4 Å². The molecule has 1 aromatic carbocycles. The summed E-state index contributed by atoms with van der Waals surface area (Å²) < 4.78 is 10.4. The largest absolute Gasteiger partial charge is 0.475 e. The highest BCUT2D eigenvalue weighted by Gasteiger charge is 2.41. The molecule has 5 nitrogen and oxygen atoms in total. The Balaban J connectivity index is 1.75. The third kappa shape index (κ3) is 4.66. The van der Waals surface area contributed by atoms with Gasteiger partial charge in [0.1, 0.15) is 6.61 Å². The molecule has 1 aliphatic rings. The van der Waals surface area contributed by atoms with E-state index in [-0.39, 0.29) is 5.91 Å². The molecule has 1 amide bonds. The molecule has 3 rings (SSSR count). The van der Waals surface area contributed by atoms with Crippen LogP contribution in [-0.4, -0.2) is 31.2 Å². The van der Waals surface area contributed by atoms with Crippen molar-refractivity contribution < 1.29 is 14.3 Å². The van der Waals surface area contributed by atoms with Crippen LogP contribution in [0.15, 0.2) is 42.6 Å². The number of ether oxygens (including phenoxy) is 2. The molecule has 1 aromatic heterocycles. The molecule has 2 aromatic rings. The van der Waals surface area contributed by atoms with E-state index in [1.165, 1.54) is 12.0 Å². The van der Waals surface area contributed by atoms with Crippen molar-refractivity contribution in [2.45, 2.75) is 44.4 Å². The Hall–Kier alpha value is -2.40. The van der Waals surface area contributed by atoms with Crippen molar-refractivity contribution in [3.05, 3.63) is 53.7 Å². The van der Waals surface area contributed by atoms with Gasteiger partial charge in [0.25, 0.3) is 0 Å². The van der Waals surface area contributed by atoms with Crippen molar-refractivity contribution in [3.63, 3.8) is 0 Å². The summed E-state index contributed by atoms with van der Waals surface area (Å²) in [5.41, 5.74) is 2.53. The van der Waals surface area contributed by atoms with Crippen LogP contribution in [0.1, 0.15) is 43.2 Å². The lowest BCUT2D eigenvalue weighted by Crippen LogP contribution is -2.42. The molecule has 1 heterocycles. The molecule has 27 heavy (non-hydrogen) atoms. The van der Waals surface area contributed by atoms with Crippen LogP contribution in [0.4, 0.5) is 5.69 Å². The van der Waals surface area contributed by atoms with Gasteiger partial charge >= 0.3 is 0 Å². The number of aryl methyl sites for hydroxylation is 1. The van der Waals surface area contributed by atoms with Crippen LogP contribution in [0, 0.1) is 6.92 Å². The van der Waals surface area contributed by atoms with Gasteiger partial charge < -0.3 is 14.8 Å². The number of rotatable bonds is 7. The maximum absolute atomic E-state index is 13.3. The first-order valence-corrected chi connectivity index (χ1v) is 9.60. The highest BCUT2D eigenvalue weighted by atomic mass is 16.5. The summed E-state index contributed by atoms with van der Waals surface area (Å²) in [4.78, 5) is 17.6. The minimum atomic E-state index is -0.460. The number of hydrogen-bond acceptors (Lipinski definition) is 4. The first kappa shape index (κ1) is 19.4. The summed E-state index contributed by atoms with van der Waals surface area (Å²) in [6.07, 6.45) is 6.75. The predicted octanol–water partition coefficient (Wildman–Crippen LogP) is 4.26. The highest BCUT2D eigenvalue weighted by molar-refractivity contribution is 5.99. The average Bonchev–Trinajstić information content (AvgIpc) is 2.70. The standard InChI is InChI=1S/C22H28N2O3/c1-17-7-6-8-18(15-17)22(11-4-3-5-12-22)21(25)24-19-9-10-20(23-16-19)27-14-13-26-2/h6-10,15-16H,3-5,11-14H2,1-2H3,(H,24,25).